The van der Waals surface area contributed by atoms with Crippen molar-refractivity contribution >= 4 is 33.5 Å². The minimum absolute atomic E-state index is 0. The number of aromatic carboxylic acids is 2. The van der Waals surface area contributed by atoms with E-state index in [1.54, 1.807) is 48.5 Å². The third-order valence-corrected chi connectivity index (χ3v) is 4.75. The number of rotatable bonds is 3. The Morgan fingerprint density at radius 1 is 0.600 bits per heavy atom. The van der Waals surface area contributed by atoms with Crippen LogP contribution in [0.15, 0.2) is 60.7 Å². The van der Waals surface area contributed by atoms with Crippen LogP contribution in [0.1, 0.15) is 20.7 Å². The van der Waals surface area contributed by atoms with Gasteiger partial charge in [0.1, 0.15) is 22.6 Å². The number of hydrogen-bond donors (Lipinski definition) is 4. The number of benzene rings is 4. The maximum Gasteiger partial charge on any atom is 2.00 e. The third kappa shape index (κ3) is 3.69. The van der Waals surface area contributed by atoms with Gasteiger partial charge in [0, 0.05) is 11.1 Å². The van der Waals surface area contributed by atoms with Crippen LogP contribution in [0.4, 0.5) is 0 Å². The monoisotopic (exact) mass is 502 g/mol. The van der Waals surface area contributed by atoms with Crippen molar-refractivity contribution in [2.75, 3.05) is 0 Å². The van der Waals surface area contributed by atoms with Crippen molar-refractivity contribution in [2.45, 2.75) is 0 Å². The molecule has 4 N–H and O–H groups in total. The maximum absolute atomic E-state index is 11.7. The summed E-state index contributed by atoms with van der Waals surface area (Å²) in [6.07, 6.45) is 0. The molecular formula is C22H14O6Zn2+4. The molecule has 0 amide bonds. The molecule has 0 unspecified atom stereocenters. The largest absolute Gasteiger partial charge is 2.00 e. The van der Waals surface area contributed by atoms with E-state index in [1.165, 1.54) is 12.1 Å². The Labute approximate surface area is 196 Å². The molecule has 4 rings (SSSR count). The van der Waals surface area contributed by atoms with Crippen molar-refractivity contribution in [3.05, 3.63) is 71.8 Å². The van der Waals surface area contributed by atoms with Gasteiger partial charge in [-0.1, -0.05) is 48.5 Å². The predicted molar refractivity (Wildman–Crippen MR) is 104 cm³/mol. The first-order chi connectivity index (χ1) is 13.4. The Morgan fingerprint density at radius 2 is 0.933 bits per heavy atom. The molecule has 0 bridgehead atoms. The van der Waals surface area contributed by atoms with E-state index in [2.05, 4.69) is 0 Å². The Hall–Kier alpha value is -2.81. The molecule has 30 heavy (non-hydrogen) atoms. The van der Waals surface area contributed by atoms with Crippen molar-refractivity contribution in [2.24, 2.45) is 0 Å². The minimum Gasteiger partial charge on any atom is -0.506 e. The van der Waals surface area contributed by atoms with Crippen LogP contribution in [0.5, 0.6) is 11.5 Å². The number of carbonyl (C=O) groups is 2. The van der Waals surface area contributed by atoms with Crippen molar-refractivity contribution in [3.8, 4) is 22.6 Å². The summed E-state index contributed by atoms with van der Waals surface area (Å²) in [5.41, 5.74) is -0.518. The zero-order valence-corrected chi connectivity index (χ0v) is 21.7. The quantitative estimate of drug-likeness (QED) is 0.306. The molecule has 0 aliphatic rings. The van der Waals surface area contributed by atoms with E-state index >= 15 is 0 Å². The number of hydrogen-bond acceptors (Lipinski definition) is 4. The zero-order chi connectivity index (χ0) is 20.0. The molecule has 138 valence electrons. The van der Waals surface area contributed by atoms with Gasteiger partial charge in [-0.3, -0.25) is 0 Å². The van der Waals surface area contributed by atoms with E-state index in [0.717, 1.165) is 0 Å². The van der Waals surface area contributed by atoms with Gasteiger partial charge >= 0.3 is 50.9 Å². The molecular weight excluding hydrogens is 491 g/mol. The van der Waals surface area contributed by atoms with E-state index in [4.69, 9.17) is 0 Å². The van der Waals surface area contributed by atoms with Crippen LogP contribution in [0, 0.1) is 0 Å². The van der Waals surface area contributed by atoms with Gasteiger partial charge in [-0.2, -0.15) is 0 Å². The molecule has 0 atom stereocenters. The minimum atomic E-state index is -1.33. The fraction of sp³-hybridized carbons (Fsp3) is 0. The second-order valence-corrected chi connectivity index (χ2v) is 6.35. The summed E-state index contributed by atoms with van der Waals surface area (Å²) in [4.78, 5) is 23.3. The summed E-state index contributed by atoms with van der Waals surface area (Å²) >= 11 is 0. The summed E-state index contributed by atoms with van der Waals surface area (Å²) in [5, 5.41) is 42.6. The fourth-order valence-electron chi connectivity index (χ4n) is 3.51. The maximum atomic E-state index is 11.7. The molecule has 0 radical (unpaired) electrons. The van der Waals surface area contributed by atoms with Crippen molar-refractivity contribution in [3.63, 3.8) is 0 Å². The van der Waals surface area contributed by atoms with Gasteiger partial charge in [0.15, 0.2) is 0 Å². The number of carboxylic acids is 2. The third-order valence-electron chi connectivity index (χ3n) is 4.75. The van der Waals surface area contributed by atoms with Crippen molar-refractivity contribution < 1.29 is 69.0 Å². The van der Waals surface area contributed by atoms with Gasteiger partial charge in [0.25, 0.3) is 0 Å². The second kappa shape index (κ2) is 8.91. The van der Waals surface area contributed by atoms with Gasteiger partial charge in [0.2, 0.25) is 0 Å². The Balaban J connectivity index is 0.00000160. The summed E-state index contributed by atoms with van der Waals surface area (Å²) in [6, 6.07) is 16.3. The molecule has 0 aromatic heterocycles. The summed E-state index contributed by atoms with van der Waals surface area (Å²) in [5.74, 6) is -3.73. The van der Waals surface area contributed by atoms with Gasteiger partial charge in [-0.05, 0) is 33.7 Å². The first-order valence-electron chi connectivity index (χ1n) is 8.36. The molecule has 0 heterocycles. The smallest absolute Gasteiger partial charge is 0.506 e. The molecule has 6 nitrogen and oxygen atoms in total. The summed E-state index contributed by atoms with van der Waals surface area (Å²) < 4.78 is 0. The molecule has 0 saturated heterocycles. The first-order valence-corrected chi connectivity index (χ1v) is 8.36. The molecule has 8 heteroatoms. The van der Waals surface area contributed by atoms with E-state index < -0.39 is 23.4 Å². The molecule has 0 fully saturated rings. The Bertz CT molecular complexity index is 1200. The molecule has 0 aliphatic carbocycles. The SMILES string of the molecule is O=C(O)c1cc2ccccc2c(-c2c(O)c(C(=O)O)cc3ccccc23)c1O.[Zn+2].[Zn+2]. The van der Waals surface area contributed by atoms with Gasteiger partial charge in [0.05, 0.1) is 0 Å². The molecule has 0 aliphatic heterocycles. The summed E-state index contributed by atoms with van der Waals surface area (Å²) in [7, 11) is 0. The Kier molecular flexibility index (Phi) is 6.97. The molecule has 4 aromatic carbocycles. The van der Waals surface area contributed by atoms with Crippen LogP contribution in [-0.4, -0.2) is 32.4 Å². The molecule has 4 aromatic rings. The van der Waals surface area contributed by atoms with Gasteiger partial charge in [-0.25, -0.2) is 9.59 Å². The van der Waals surface area contributed by atoms with Crippen LogP contribution >= 0.6 is 0 Å². The zero-order valence-electron chi connectivity index (χ0n) is 15.8. The predicted octanol–water partition coefficient (Wildman–Crippen LogP) is 4.46. The van der Waals surface area contributed by atoms with Gasteiger partial charge < -0.3 is 20.4 Å². The number of fused-ring (bicyclic) bond motifs is 2. The van der Waals surface area contributed by atoms with Crippen LogP contribution in [-0.2, 0) is 39.0 Å². The van der Waals surface area contributed by atoms with Crippen LogP contribution in [0.25, 0.3) is 32.7 Å². The average Bonchev–Trinajstić information content (AvgIpc) is 2.67. The van der Waals surface area contributed by atoms with Gasteiger partial charge in [-0.15, -0.1) is 0 Å². The van der Waals surface area contributed by atoms with Crippen molar-refractivity contribution in [1.82, 2.24) is 0 Å². The van der Waals surface area contributed by atoms with E-state index in [1.807, 2.05) is 0 Å². The standard InChI is InChI=1S/C22H14O6.2Zn/c23-19-15(21(25)26)9-11-5-1-3-7-13(11)17(19)18-14-8-4-2-6-12(14)10-16(20(18)24)22(27)28;;/h1-10,23-24H,(H,25,26)(H,27,28);;/q;2*+2. The van der Waals surface area contributed by atoms with Crippen LogP contribution in [0.2, 0.25) is 0 Å². The van der Waals surface area contributed by atoms with Crippen molar-refractivity contribution in [1.29, 1.82) is 0 Å². The number of phenols is 2. The number of carboxylic acid groups (broad SMARTS) is 2. The first kappa shape index (κ1) is 23.5. The van der Waals surface area contributed by atoms with E-state index in [9.17, 15) is 30.0 Å². The normalized spacial score (nSPS) is 10.3. The average molecular weight is 505 g/mol. The summed E-state index contributed by atoms with van der Waals surface area (Å²) in [6.45, 7) is 0. The van der Waals surface area contributed by atoms with Crippen LogP contribution < -0.4 is 0 Å². The topological polar surface area (TPSA) is 115 Å². The van der Waals surface area contributed by atoms with E-state index in [-0.39, 0.29) is 61.2 Å². The molecule has 0 spiro atoms. The second-order valence-electron chi connectivity index (χ2n) is 6.35. The Morgan fingerprint density at radius 3 is 1.27 bits per heavy atom. The van der Waals surface area contributed by atoms with Crippen LogP contribution in [0.3, 0.4) is 0 Å². The number of aromatic hydroxyl groups is 2. The fourth-order valence-corrected chi connectivity index (χ4v) is 3.51. The molecule has 0 saturated carbocycles. The van der Waals surface area contributed by atoms with E-state index in [0.29, 0.717) is 21.5 Å².